The summed E-state index contributed by atoms with van der Waals surface area (Å²) in [7, 11) is 0. The van der Waals surface area contributed by atoms with Gasteiger partial charge in [0.15, 0.2) is 0 Å². The fourth-order valence-electron chi connectivity index (χ4n) is 8.24. The summed E-state index contributed by atoms with van der Waals surface area (Å²) >= 11 is 0. The van der Waals surface area contributed by atoms with Crippen LogP contribution >= 0.6 is 0 Å². The normalized spacial score (nSPS) is 14.9. The van der Waals surface area contributed by atoms with Crippen molar-refractivity contribution in [3.8, 4) is 44.5 Å². The van der Waals surface area contributed by atoms with Crippen LogP contribution in [0.25, 0.3) is 67.4 Å². The Morgan fingerprint density at radius 1 is 0.432 bits per heavy atom. The van der Waals surface area contributed by atoms with Gasteiger partial charge in [-0.3, -0.25) is 0 Å². The zero-order chi connectivity index (χ0) is 30.4. The first-order valence-corrected chi connectivity index (χ1v) is 15.6. The number of fused-ring (bicyclic) bond motifs is 7. The average Bonchev–Trinajstić information content (AvgIpc) is 3.42. The Morgan fingerprint density at radius 2 is 0.795 bits per heavy atom. The second-order valence-corrected chi connectivity index (χ2v) is 13.4. The van der Waals surface area contributed by atoms with E-state index in [1.165, 1.54) is 77.5 Å². The van der Waals surface area contributed by atoms with Crippen LogP contribution in [0.5, 0.6) is 0 Å². The molecular weight excluding hydrogens is 528 g/mol. The maximum absolute atomic E-state index is 4.36. The highest BCUT2D eigenvalue weighted by atomic mass is 14.4. The van der Waals surface area contributed by atoms with Crippen molar-refractivity contribution in [3.05, 3.63) is 156 Å². The lowest BCUT2D eigenvalue weighted by Gasteiger charge is -2.25. The molecule has 2 aliphatic rings. The number of hydrogen-bond donors (Lipinski definition) is 0. The molecule has 0 fully saturated rings. The van der Waals surface area contributed by atoms with E-state index in [2.05, 4.69) is 150 Å². The summed E-state index contributed by atoms with van der Waals surface area (Å²) in [5, 5.41) is 2.47. The third kappa shape index (κ3) is 3.46. The van der Waals surface area contributed by atoms with Crippen molar-refractivity contribution < 1.29 is 0 Å². The molecule has 6 aromatic rings. The SMILES string of the molecule is C=Cc1c(C=C)c(-c2ccc3c(c2)C(C)(C)c2ccccc2-3)c2ccccc2c1-c1ccc2c(c1)C(C)(C)c1ccccc1-2. The van der Waals surface area contributed by atoms with Crippen LogP contribution in [-0.2, 0) is 10.8 Å². The van der Waals surface area contributed by atoms with Crippen LogP contribution < -0.4 is 0 Å². The fourth-order valence-corrected chi connectivity index (χ4v) is 8.24. The van der Waals surface area contributed by atoms with Crippen LogP contribution in [0.3, 0.4) is 0 Å². The molecule has 0 heterocycles. The average molecular weight is 565 g/mol. The van der Waals surface area contributed by atoms with Gasteiger partial charge in [0.05, 0.1) is 0 Å². The van der Waals surface area contributed by atoms with E-state index in [0.29, 0.717) is 0 Å². The minimum Gasteiger partial charge on any atom is -0.0984 e. The molecule has 0 N–H and O–H groups in total. The molecule has 0 atom stereocenters. The molecule has 0 aromatic heterocycles. The summed E-state index contributed by atoms with van der Waals surface area (Å²) in [5.74, 6) is 0. The molecule has 2 aliphatic carbocycles. The molecular formula is C44H36. The first kappa shape index (κ1) is 26.7. The lowest BCUT2D eigenvalue weighted by Crippen LogP contribution is -2.15. The predicted molar refractivity (Wildman–Crippen MR) is 190 cm³/mol. The highest BCUT2D eigenvalue weighted by molar-refractivity contribution is 6.12. The Balaban J connectivity index is 1.39. The van der Waals surface area contributed by atoms with Gasteiger partial charge < -0.3 is 0 Å². The number of rotatable bonds is 4. The molecule has 6 aromatic carbocycles. The Hall–Kier alpha value is -4.94. The van der Waals surface area contributed by atoms with Crippen molar-refractivity contribution >= 4 is 22.9 Å². The van der Waals surface area contributed by atoms with E-state index in [0.717, 1.165) is 11.1 Å². The molecule has 0 saturated heterocycles. The van der Waals surface area contributed by atoms with Crippen LogP contribution in [0.15, 0.2) is 122 Å². The summed E-state index contributed by atoms with van der Waals surface area (Å²) in [6, 6.07) is 40.6. The van der Waals surface area contributed by atoms with Crippen molar-refractivity contribution in [2.45, 2.75) is 38.5 Å². The minimum absolute atomic E-state index is 0.0674. The van der Waals surface area contributed by atoms with E-state index in [1.54, 1.807) is 0 Å². The molecule has 0 unspecified atom stereocenters. The quantitative estimate of drug-likeness (QED) is 0.200. The molecule has 44 heavy (non-hydrogen) atoms. The summed E-state index contributed by atoms with van der Waals surface area (Å²) in [4.78, 5) is 0. The fraction of sp³-hybridized carbons (Fsp3) is 0.136. The van der Waals surface area contributed by atoms with Crippen molar-refractivity contribution in [2.24, 2.45) is 0 Å². The van der Waals surface area contributed by atoms with E-state index in [9.17, 15) is 0 Å². The van der Waals surface area contributed by atoms with Gasteiger partial charge in [0, 0.05) is 10.8 Å². The van der Waals surface area contributed by atoms with E-state index in [-0.39, 0.29) is 10.8 Å². The van der Waals surface area contributed by atoms with E-state index in [1.807, 2.05) is 12.2 Å². The summed E-state index contributed by atoms with van der Waals surface area (Å²) in [6.07, 6.45) is 4.06. The van der Waals surface area contributed by atoms with E-state index >= 15 is 0 Å². The highest BCUT2D eigenvalue weighted by Gasteiger charge is 2.37. The molecule has 0 nitrogen and oxygen atoms in total. The van der Waals surface area contributed by atoms with E-state index < -0.39 is 0 Å². The zero-order valence-corrected chi connectivity index (χ0v) is 26.0. The lowest BCUT2D eigenvalue weighted by atomic mass is 9.78. The molecule has 0 bridgehead atoms. The van der Waals surface area contributed by atoms with Gasteiger partial charge in [-0.2, -0.15) is 0 Å². The van der Waals surface area contributed by atoms with Crippen LogP contribution in [0.4, 0.5) is 0 Å². The zero-order valence-electron chi connectivity index (χ0n) is 26.0. The van der Waals surface area contributed by atoms with Crippen LogP contribution in [0.1, 0.15) is 61.1 Å². The minimum atomic E-state index is -0.0674. The third-order valence-electron chi connectivity index (χ3n) is 10.4. The molecule has 0 saturated carbocycles. The van der Waals surface area contributed by atoms with Gasteiger partial charge in [0.25, 0.3) is 0 Å². The standard InChI is InChI=1S/C44H36/c1-7-29-30(8-2)42(28-22-24-34-32-16-12-14-20-38(32)44(5,6)40(34)26-28)36-18-10-9-17-35(36)41(29)27-21-23-33-31-15-11-13-19-37(31)43(3,4)39(33)25-27/h7-26H,1-2H2,3-6H3. The van der Waals surface area contributed by atoms with Crippen molar-refractivity contribution in [1.82, 2.24) is 0 Å². The summed E-state index contributed by atoms with van der Waals surface area (Å²) in [5.41, 5.74) is 17.9. The van der Waals surface area contributed by atoms with E-state index in [4.69, 9.17) is 0 Å². The second-order valence-electron chi connectivity index (χ2n) is 13.4. The molecule has 0 spiro atoms. The second kappa shape index (κ2) is 9.28. The molecule has 0 heteroatoms. The number of hydrogen-bond acceptors (Lipinski definition) is 0. The van der Waals surface area contributed by atoms with Gasteiger partial charge in [-0.15, -0.1) is 0 Å². The van der Waals surface area contributed by atoms with Gasteiger partial charge in [0.1, 0.15) is 0 Å². The Bertz CT molecular complexity index is 2040. The van der Waals surface area contributed by atoms with Gasteiger partial charge in [0.2, 0.25) is 0 Å². The van der Waals surface area contributed by atoms with Crippen molar-refractivity contribution in [1.29, 1.82) is 0 Å². The smallest absolute Gasteiger partial charge is 0.0159 e. The van der Waals surface area contributed by atoms with Crippen LogP contribution in [0.2, 0.25) is 0 Å². The Morgan fingerprint density at radius 3 is 1.20 bits per heavy atom. The Labute approximate surface area is 261 Å². The first-order chi connectivity index (χ1) is 21.3. The maximum Gasteiger partial charge on any atom is 0.0159 e. The lowest BCUT2D eigenvalue weighted by molar-refractivity contribution is 0.660. The molecule has 0 radical (unpaired) electrons. The van der Waals surface area contributed by atoms with Crippen LogP contribution in [-0.4, -0.2) is 0 Å². The van der Waals surface area contributed by atoms with Gasteiger partial charge in [-0.1, -0.05) is 150 Å². The van der Waals surface area contributed by atoms with Gasteiger partial charge in [-0.25, -0.2) is 0 Å². The third-order valence-corrected chi connectivity index (χ3v) is 10.4. The maximum atomic E-state index is 4.36. The summed E-state index contributed by atoms with van der Waals surface area (Å²) < 4.78 is 0. The predicted octanol–water partition coefficient (Wildman–Crippen LogP) is 12.1. The van der Waals surface area contributed by atoms with Gasteiger partial charge >= 0.3 is 0 Å². The highest BCUT2D eigenvalue weighted by Crippen LogP contribution is 2.53. The largest absolute Gasteiger partial charge is 0.0984 e. The summed E-state index contributed by atoms with van der Waals surface area (Å²) in [6.45, 7) is 18.1. The van der Waals surface area contributed by atoms with Crippen molar-refractivity contribution in [3.63, 3.8) is 0 Å². The Kier molecular flexibility index (Phi) is 5.62. The monoisotopic (exact) mass is 564 g/mol. The molecule has 8 rings (SSSR count). The molecule has 0 aliphatic heterocycles. The van der Waals surface area contributed by atoms with Crippen LogP contribution in [0, 0.1) is 0 Å². The molecule has 0 amide bonds. The van der Waals surface area contributed by atoms with Gasteiger partial charge in [-0.05, 0) is 101 Å². The topological polar surface area (TPSA) is 0 Å². The molecule has 212 valence electrons. The van der Waals surface area contributed by atoms with Crippen molar-refractivity contribution in [2.75, 3.05) is 0 Å². The first-order valence-electron chi connectivity index (χ1n) is 15.6. The number of benzene rings is 6.